The van der Waals surface area contributed by atoms with Crippen molar-refractivity contribution in [1.29, 1.82) is 0 Å². The van der Waals surface area contributed by atoms with Crippen molar-refractivity contribution in [3.8, 4) is 0 Å². The lowest BCUT2D eigenvalue weighted by atomic mass is 10.1. The Hall–Kier alpha value is -0.280. The van der Waals surface area contributed by atoms with Gasteiger partial charge in [0.1, 0.15) is 0 Å². The van der Waals surface area contributed by atoms with Crippen LogP contribution in [0.15, 0.2) is 12.1 Å². The van der Waals surface area contributed by atoms with Crippen LogP contribution in [0.25, 0.3) is 0 Å². The van der Waals surface area contributed by atoms with Gasteiger partial charge in [-0.05, 0) is 11.1 Å². The molecule has 0 aromatic heterocycles. The molecular weight excluding hydrogens is 223 g/mol. The SMILES string of the molecule is COCc1ccc(COC)c(Cl)c1Cl. The summed E-state index contributed by atoms with van der Waals surface area (Å²) in [5.41, 5.74) is 1.78. The standard InChI is InChI=1S/C10H12Cl2O2/c1-13-5-7-3-4-8(6-14-2)10(12)9(7)11/h3-4H,5-6H2,1-2H3. The number of rotatable bonds is 4. The first kappa shape index (κ1) is 11.8. The molecule has 0 atom stereocenters. The minimum absolute atomic E-state index is 0.464. The monoisotopic (exact) mass is 234 g/mol. The van der Waals surface area contributed by atoms with Gasteiger partial charge in [-0.25, -0.2) is 0 Å². The Balaban J connectivity index is 2.99. The van der Waals surface area contributed by atoms with Crippen LogP contribution < -0.4 is 0 Å². The van der Waals surface area contributed by atoms with Crippen LogP contribution >= 0.6 is 23.2 Å². The fraction of sp³-hybridized carbons (Fsp3) is 0.400. The van der Waals surface area contributed by atoms with E-state index >= 15 is 0 Å². The molecule has 0 saturated carbocycles. The van der Waals surface area contributed by atoms with Crippen LogP contribution in [0, 0.1) is 0 Å². The second-order valence-electron chi connectivity index (χ2n) is 2.88. The van der Waals surface area contributed by atoms with E-state index in [1.807, 2.05) is 12.1 Å². The number of hydrogen-bond acceptors (Lipinski definition) is 2. The summed E-state index contributed by atoms with van der Waals surface area (Å²) in [5.74, 6) is 0. The van der Waals surface area contributed by atoms with Gasteiger partial charge in [-0.2, -0.15) is 0 Å². The number of methoxy groups -OCH3 is 2. The lowest BCUT2D eigenvalue weighted by molar-refractivity contribution is 0.182. The highest BCUT2D eigenvalue weighted by Gasteiger charge is 2.09. The molecule has 0 N–H and O–H groups in total. The van der Waals surface area contributed by atoms with Gasteiger partial charge in [-0.3, -0.25) is 0 Å². The molecule has 0 aliphatic carbocycles. The third-order valence-electron chi connectivity index (χ3n) is 1.84. The molecule has 0 spiro atoms. The summed E-state index contributed by atoms with van der Waals surface area (Å²) in [6.07, 6.45) is 0. The molecule has 1 rings (SSSR count). The average molecular weight is 235 g/mol. The van der Waals surface area contributed by atoms with Crippen molar-refractivity contribution < 1.29 is 9.47 Å². The molecule has 0 heterocycles. The number of benzene rings is 1. The third kappa shape index (κ3) is 2.61. The van der Waals surface area contributed by atoms with Crippen LogP contribution in [-0.2, 0) is 22.7 Å². The van der Waals surface area contributed by atoms with E-state index in [0.717, 1.165) is 11.1 Å². The van der Waals surface area contributed by atoms with Crippen molar-refractivity contribution in [2.75, 3.05) is 14.2 Å². The van der Waals surface area contributed by atoms with E-state index in [1.54, 1.807) is 14.2 Å². The van der Waals surface area contributed by atoms with E-state index < -0.39 is 0 Å². The fourth-order valence-corrected chi connectivity index (χ4v) is 1.64. The van der Waals surface area contributed by atoms with Crippen LogP contribution in [0.1, 0.15) is 11.1 Å². The molecule has 0 amide bonds. The van der Waals surface area contributed by atoms with E-state index in [-0.39, 0.29) is 0 Å². The Morgan fingerprint density at radius 3 is 1.57 bits per heavy atom. The summed E-state index contributed by atoms with van der Waals surface area (Å²) in [6.45, 7) is 0.928. The van der Waals surface area contributed by atoms with Gasteiger partial charge >= 0.3 is 0 Å². The van der Waals surface area contributed by atoms with Crippen molar-refractivity contribution in [3.63, 3.8) is 0 Å². The average Bonchev–Trinajstić information content (AvgIpc) is 2.18. The summed E-state index contributed by atoms with van der Waals surface area (Å²) >= 11 is 12.1. The predicted octanol–water partition coefficient (Wildman–Crippen LogP) is 3.29. The predicted molar refractivity (Wildman–Crippen MR) is 57.9 cm³/mol. The largest absolute Gasteiger partial charge is 0.380 e. The fourth-order valence-electron chi connectivity index (χ4n) is 1.16. The van der Waals surface area contributed by atoms with Crippen LogP contribution in [0.2, 0.25) is 10.0 Å². The third-order valence-corrected chi connectivity index (χ3v) is 2.80. The maximum Gasteiger partial charge on any atom is 0.0728 e. The normalized spacial score (nSPS) is 10.6. The minimum Gasteiger partial charge on any atom is -0.380 e. The second kappa shape index (κ2) is 5.56. The van der Waals surface area contributed by atoms with E-state index in [2.05, 4.69) is 0 Å². The molecule has 0 bridgehead atoms. The zero-order valence-corrected chi connectivity index (χ0v) is 9.65. The van der Waals surface area contributed by atoms with Crippen LogP contribution in [-0.4, -0.2) is 14.2 Å². The van der Waals surface area contributed by atoms with E-state index in [1.165, 1.54) is 0 Å². The van der Waals surface area contributed by atoms with Gasteiger partial charge in [0.25, 0.3) is 0 Å². The highest BCUT2D eigenvalue weighted by atomic mass is 35.5. The molecule has 78 valence electrons. The van der Waals surface area contributed by atoms with E-state index in [0.29, 0.717) is 23.3 Å². The Kier molecular flexibility index (Phi) is 4.69. The highest BCUT2D eigenvalue weighted by molar-refractivity contribution is 6.42. The maximum absolute atomic E-state index is 6.05. The van der Waals surface area contributed by atoms with Gasteiger partial charge in [0.05, 0.1) is 23.3 Å². The van der Waals surface area contributed by atoms with Crippen molar-refractivity contribution in [3.05, 3.63) is 33.3 Å². The topological polar surface area (TPSA) is 18.5 Å². The molecule has 2 nitrogen and oxygen atoms in total. The first-order chi connectivity index (χ1) is 6.70. The smallest absolute Gasteiger partial charge is 0.0728 e. The number of hydrogen-bond donors (Lipinski definition) is 0. The van der Waals surface area contributed by atoms with Gasteiger partial charge in [-0.1, -0.05) is 35.3 Å². The molecule has 0 unspecified atom stereocenters. The van der Waals surface area contributed by atoms with Crippen LogP contribution in [0.3, 0.4) is 0 Å². The number of ether oxygens (including phenoxy) is 2. The first-order valence-corrected chi connectivity index (χ1v) is 4.90. The van der Waals surface area contributed by atoms with Gasteiger partial charge in [0, 0.05) is 14.2 Å². The lowest BCUT2D eigenvalue weighted by Crippen LogP contribution is -1.94. The van der Waals surface area contributed by atoms with E-state index in [4.69, 9.17) is 32.7 Å². The van der Waals surface area contributed by atoms with Gasteiger partial charge in [0.2, 0.25) is 0 Å². The molecule has 0 saturated heterocycles. The molecular formula is C10H12Cl2O2. The molecule has 0 aliphatic heterocycles. The highest BCUT2D eigenvalue weighted by Crippen LogP contribution is 2.30. The minimum atomic E-state index is 0.464. The van der Waals surface area contributed by atoms with Crippen molar-refractivity contribution in [2.24, 2.45) is 0 Å². The summed E-state index contributed by atoms with van der Waals surface area (Å²) in [6, 6.07) is 3.79. The lowest BCUT2D eigenvalue weighted by Gasteiger charge is -2.09. The van der Waals surface area contributed by atoms with Gasteiger partial charge in [0.15, 0.2) is 0 Å². The molecule has 0 fully saturated rings. The Morgan fingerprint density at radius 2 is 1.29 bits per heavy atom. The second-order valence-corrected chi connectivity index (χ2v) is 3.63. The van der Waals surface area contributed by atoms with Crippen LogP contribution in [0.4, 0.5) is 0 Å². The van der Waals surface area contributed by atoms with E-state index in [9.17, 15) is 0 Å². The summed E-state index contributed by atoms with van der Waals surface area (Å²) in [5, 5.41) is 1.09. The van der Waals surface area contributed by atoms with Crippen molar-refractivity contribution in [2.45, 2.75) is 13.2 Å². The molecule has 0 radical (unpaired) electrons. The Bertz CT molecular complexity index is 282. The summed E-state index contributed by atoms with van der Waals surface area (Å²) in [4.78, 5) is 0. The Labute approximate surface area is 93.7 Å². The van der Waals surface area contributed by atoms with Crippen molar-refractivity contribution >= 4 is 23.2 Å². The van der Waals surface area contributed by atoms with Gasteiger partial charge in [-0.15, -0.1) is 0 Å². The Morgan fingerprint density at radius 1 is 0.929 bits per heavy atom. The van der Waals surface area contributed by atoms with Gasteiger partial charge < -0.3 is 9.47 Å². The first-order valence-electron chi connectivity index (χ1n) is 4.14. The number of halogens is 2. The molecule has 1 aromatic carbocycles. The maximum atomic E-state index is 6.05. The zero-order valence-electron chi connectivity index (χ0n) is 8.14. The quantitative estimate of drug-likeness (QED) is 0.797. The zero-order chi connectivity index (χ0) is 10.6. The van der Waals surface area contributed by atoms with Crippen LogP contribution in [0.5, 0.6) is 0 Å². The summed E-state index contributed by atoms with van der Waals surface area (Å²) < 4.78 is 9.98. The molecule has 4 heteroatoms. The molecule has 14 heavy (non-hydrogen) atoms. The van der Waals surface area contributed by atoms with Crippen molar-refractivity contribution in [1.82, 2.24) is 0 Å². The molecule has 1 aromatic rings. The molecule has 0 aliphatic rings. The summed E-state index contributed by atoms with van der Waals surface area (Å²) in [7, 11) is 3.24.